The van der Waals surface area contributed by atoms with Crippen LogP contribution in [-0.4, -0.2) is 16.6 Å². The highest BCUT2D eigenvalue weighted by molar-refractivity contribution is 6.30. The summed E-state index contributed by atoms with van der Waals surface area (Å²) in [4.78, 5) is 20.5. The van der Waals surface area contributed by atoms with E-state index in [1.807, 2.05) is 0 Å². The zero-order chi connectivity index (χ0) is 13.2. The number of nitrogens with zero attached hydrogens (tertiary/aromatic N) is 1. The number of halogens is 4. The molecule has 0 fully saturated rings. The first-order valence-electron chi connectivity index (χ1n) is 4.22. The van der Waals surface area contributed by atoms with E-state index in [1.165, 1.54) is 0 Å². The Kier molecular flexibility index (Phi) is 3.72. The van der Waals surface area contributed by atoms with Crippen LogP contribution in [0.4, 0.5) is 18.9 Å². The van der Waals surface area contributed by atoms with Crippen molar-refractivity contribution >= 4 is 23.1 Å². The molecule has 0 radical (unpaired) electrons. The average molecular weight is 268 g/mol. The molecule has 1 aromatic rings. The van der Waals surface area contributed by atoms with Crippen molar-refractivity contribution in [1.29, 1.82) is 0 Å². The monoisotopic (exact) mass is 267 g/mol. The second kappa shape index (κ2) is 4.70. The molecular formula is C9H5ClF3NO3. The Morgan fingerprint density at radius 2 is 2.00 bits per heavy atom. The van der Waals surface area contributed by atoms with Gasteiger partial charge in [0.1, 0.15) is 5.56 Å². The summed E-state index contributed by atoms with van der Waals surface area (Å²) in [7, 11) is 0. The Morgan fingerprint density at radius 3 is 2.41 bits per heavy atom. The number of benzene rings is 1. The second-order valence-electron chi connectivity index (χ2n) is 3.01. The molecule has 0 amide bonds. The number of Topliss-reactive ketones (excluding diaryl/α,β-unsaturated/α-hetero) is 1. The van der Waals surface area contributed by atoms with Crippen LogP contribution in [0, 0.1) is 10.1 Å². The van der Waals surface area contributed by atoms with Crippen LogP contribution in [0.15, 0.2) is 18.2 Å². The van der Waals surface area contributed by atoms with E-state index >= 15 is 0 Å². The number of carbonyl (C=O) groups excluding carboxylic acids is 1. The molecule has 0 bridgehead atoms. The molecule has 0 saturated carbocycles. The van der Waals surface area contributed by atoms with E-state index in [2.05, 4.69) is 0 Å². The van der Waals surface area contributed by atoms with Gasteiger partial charge in [0.15, 0.2) is 5.78 Å². The molecule has 0 spiro atoms. The van der Waals surface area contributed by atoms with Crippen molar-refractivity contribution < 1.29 is 22.9 Å². The molecule has 1 aromatic carbocycles. The van der Waals surface area contributed by atoms with Gasteiger partial charge in [0, 0.05) is 11.6 Å². The molecule has 17 heavy (non-hydrogen) atoms. The van der Waals surface area contributed by atoms with Crippen molar-refractivity contribution in [2.45, 2.75) is 6.18 Å². The number of nitro groups is 1. The van der Waals surface area contributed by atoms with E-state index < -0.39 is 39.6 Å². The van der Waals surface area contributed by atoms with Crippen LogP contribution < -0.4 is 0 Å². The van der Waals surface area contributed by atoms with Gasteiger partial charge in [0.2, 0.25) is 0 Å². The molecule has 0 unspecified atom stereocenters. The number of ketones is 1. The van der Waals surface area contributed by atoms with E-state index in [0.717, 1.165) is 12.1 Å². The molecule has 0 aliphatic heterocycles. The minimum Gasteiger partial charge on any atom is -0.293 e. The lowest BCUT2D eigenvalue weighted by molar-refractivity contribution is -0.388. The maximum absolute atomic E-state index is 12.7. The summed E-state index contributed by atoms with van der Waals surface area (Å²) in [6, 6.07) is 2.56. The second-order valence-corrected chi connectivity index (χ2v) is 3.28. The predicted octanol–water partition coefficient (Wildman–Crippen LogP) is 3.04. The van der Waals surface area contributed by atoms with Gasteiger partial charge in [-0.1, -0.05) is 12.1 Å². The normalized spacial score (nSPS) is 11.3. The minimum absolute atomic E-state index is 0.676. The van der Waals surface area contributed by atoms with Crippen LogP contribution in [-0.2, 0) is 6.18 Å². The van der Waals surface area contributed by atoms with Gasteiger partial charge in [0.05, 0.1) is 10.8 Å². The van der Waals surface area contributed by atoms with E-state index in [9.17, 15) is 28.1 Å². The lowest BCUT2D eigenvalue weighted by Gasteiger charge is -2.11. The Balaban J connectivity index is 3.57. The number of alkyl halides is 4. The topological polar surface area (TPSA) is 60.2 Å². The van der Waals surface area contributed by atoms with Gasteiger partial charge in [-0.2, -0.15) is 13.2 Å². The van der Waals surface area contributed by atoms with Crippen LogP contribution in [0.25, 0.3) is 0 Å². The summed E-state index contributed by atoms with van der Waals surface area (Å²) in [6.07, 6.45) is -4.99. The Morgan fingerprint density at radius 1 is 1.41 bits per heavy atom. The molecule has 0 aliphatic carbocycles. The van der Waals surface area contributed by atoms with Crippen LogP contribution >= 0.6 is 11.6 Å². The van der Waals surface area contributed by atoms with Crippen molar-refractivity contribution in [3.63, 3.8) is 0 Å². The van der Waals surface area contributed by atoms with Gasteiger partial charge >= 0.3 is 6.18 Å². The highest BCUT2D eigenvalue weighted by Crippen LogP contribution is 2.38. The molecule has 92 valence electrons. The Labute approximate surface area is 98.1 Å². The fourth-order valence-electron chi connectivity index (χ4n) is 1.29. The maximum atomic E-state index is 12.7. The third-order valence-corrected chi connectivity index (χ3v) is 2.19. The third-order valence-electron chi connectivity index (χ3n) is 1.94. The molecule has 0 aromatic heterocycles. The average Bonchev–Trinajstić information content (AvgIpc) is 2.25. The van der Waals surface area contributed by atoms with Gasteiger partial charge < -0.3 is 0 Å². The summed E-state index contributed by atoms with van der Waals surface area (Å²) < 4.78 is 38.0. The first-order valence-corrected chi connectivity index (χ1v) is 4.76. The third kappa shape index (κ3) is 2.73. The van der Waals surface area contributed by atoms with Crippen molar-refractivity contribution in [2.75, 3.05) is 5.88 Å². The van der Waals surface area contributed by atoms with Gasteiger partial charge in [0.25, 0.3) is 5.69 Å². The first-order chi connectivity index (χ1) is 7.79. The number of rotatable bonds is 3. The molecule has 0 aliphatic rings. The number of hydrogen-bond acceptors (Lipinski definition) is 3. The molecule has 0 N–H and O–H groups in total. The highest BCUT2D eigenvalue weighted by Gasteiger charge is 2.42. The maximum Gasteiger partial charge on any atom is 0.423 e. The van der Waals surface area contributed by atoms with E-state index in [0.29, 0.717) is 6.07 Å². The number of nitro benzene ring substituents is 1. The van der Waals surface area contributed by atoms with E-state index in [4.69, 9.17) is 11.6 Å². The van der Waals surface area contributed by atoms with Crippen molar-refractivity contribution in [1.82, 2.24) is 0 Å². The van der Waals surface area contributed by atoms with Crippen LogP contribution in [0.3, 0.4) is 0 Å². The summed E-state index contributed by atoms with van der Waals surface area (Å²) in [5.74, 6) is -1.69. The Bertz CT molecular complexity index is 473. The summed E-state index contributed by atoms with van der Waals surface area (Å²) in [6.45, 7) is 0. The van der Waals surface area contributed by atoms with Crippen molar-refractivity contribution in [3.8, 4) is 0 Å². The largest absolute Gasteiger partial charge is 0.423 e. The highest BCUT2D eigenvalue weighted by atomic mass is 35.5. The summed E-state index contributed by atoms with van der Waals surface area (Å²) in [5.41, 5.74) is -3.51. The summed E-state index contributed by atoms with van der Waals surface area (Å²) >= 11 is 5.15. The minimum atomic E-state index is -4.99. The number of hydrogen-bond donors (Lipinski definition) is 0. The van der Waals surface area contributed by atoms with Crippen LogP contribution in [0.1, 0.15) is 15.9 Å². The zero-order valence-electron chi connectivity index (χ0n) is 8.12. The van der Waals surface area contributed by atoms with Gasteiger partial charge in [-0.3, -0.25) is 14.9 Å². The first kappa shape index (κ1) is 13.4. The van der Waals surface area contributed by atoms with E-state index in [1.54, 1.807) is 0 Å². The van der Waals surface area contributed by atoms with Crippen LogP contribution in [0.5, 0.6) is 0 Å². The van der Waals surface area contributed by atoms with Crippen molar-refractivity contribution in [3.05, 3.63) is 39.4 Å². The SMILES string of the molecule is O=C(CCl)c1cccc([N+](=O)[O-])c1C(F)(F)F. The fourth-order valence-corrected chi connectivity index (χ4v) is 1.44. The predicted molar refractivity (Wildman–Crippen MR) is 53.1 cm³/mol. The standard InChI is InChI=1S/C9H5ClF3NO3/c10-4-7(15)5-2-1-3-6(14(16)17)8(5)9(11,12)13/h1-3H,4H2. The zero-order valence-corrected chi connectivity index (χ0v) is 8.88. The quantitative estimate of drug-likeness (QED) is 0.366. The van der Waals surface area contributed by atoms with E-state index in [-0.39, 0.29) is 0 Å². The van der Waals surface area contributed by atoms with Gasteiger partial charge in [-0.15, -0.1) is 11.6 Å². The molecular weight excluding hydrogens is 263 g/mol. The molecule has 4 nitrogen and oxygen atoms in total. The van der Waals surface area contributed by atoms with Gasteiger partial charge in [-0.05, 0) is 0 Å². The summed E-state index contributed by atoms with van der Waals surface area (Å²) in [5, 5.41) is 10.5. The lowest BCUT2D eigenvalue weighted by Crippen LogP contribution is -2.16. The molecule has 8 heteroatoms. The van der Waals surface area contributed by atoms with Crippen LogP contribution in [0.2, 0.25) is 0 Å². The fraction of sp³-hybridized carbons (Fsp3) is 0.222. The van der Waals surface area contributed by atoms with Gasteiger partial charge in [-0.25, -0.2) is 0 Å². The molecule has 0 saturated heterocycles. The molecule has 1 rings (SSSR count). The molecule has 0 atom stereocenters. The smallest absolute Gasteiger partial charge is 0.293 e. The number of carbonyl (C=O) groups is 1. The van der Waals surface area contributed by atoms with Crippen molar-refractivity contribution in [2.24, 2.45) is 0 Å². The lowest BCUT2D eigenvalue weighted by atomic mass is 10.0. The Hall–Kier alpha value is -1.63. The molecule has 0 heterocycles.